The lowest BCUT2D eigenvalue weighted by Gasteiger charge is -2.18. The molecule has 0 saturated carbocycles. The van der Waals surface area contributed by atoms with Crippen molar-refractivity contribution < 1.29 is 69.0 Å². The summed E-state index contributed by atoms with van der Waals surface area (Å²) in [5.74, 6) is 1.86. The number of carboxylic acids is 6. The fraction of sp³-hybridized carbons (Fsp3) is 0.600. The second-order valence-corrected chi connectivity index (χ2v) is 10.0. The van der Waals surface area contributed by atoms with Gasteiger partial charge in [0.2, 0.25) is 11.8 Å². The van der Waals surface area contributed by atoms with Crippen LogP contribution in [-0.4, -0.2) is 163 Å². The Morgan fingerprint density at radius 3 is 1.00 bits per heavy atom. The lowest BCUT2D eigenvalue weighted by molar-refractivity contribution is -0.159. The van der Waals surface area contributed by atoms with Gasteiger partial charge in [0.05, 0.1) is 26.2 Å². The zero-order valence-electron chi connectivity index (χ0n) is 28.0. The molecule has 2 saturated heterocycles. The zero-order valence-corrected chi connectivity index (χ0v) is 28.0. The summed E-state index contributed by atoms with van der Waals surface area (Å²) in [5.41, 5.74) is 0. The Labute approximate surface area is 278 Å². The summed E-state index contributed by atoms with van der Waals surface area (Å²) < 4.78 is 0. The standard InChI is InChI=1S/2C12H20N2O.3C2H2O4/c2*1-4-13(3)9-5-6-10-14-11(2)7-8-12(14)15;3*3-1(4)2(5)6/h2*11H,4,7-10H2,1-3H3;3*(H,3,4)(H,5,6). The SMILES string of the molecule is CCN(C)CC#CCN1C(=O)CCC1C.CCN(C)CC#CCN1C(=O)CCC1C.O=C(O)C(=O)O.O=C(O)C(=O)O.O=C(O)C(=O)O. The molecule has 0 aromatic rings. The minimum absolute atomic E-state index is 0.251. The highest BCUT2D eigenvalue weighted by molar-refractivity contribution is 6.28. The molecule has 2 rings (SSSR count). The highest BCUT2D eigenvalue weighted by atomic mass is 16.5. The predicted molar refractivity (Wildman–Crippen MR) is 169 cm³/mol. The van der Waals surface area contributed by atoms with Crippen LogP contribution < -0.4 is 0 Å². The molecule has 2 unspecified atom stereocenters. The molecule has 0 aromatic carbocycles. The van der Waals surface area contributed by atoms with Crippen molar-refractivity contribution >= 4 is 47.6 Å². The number of amides is 2. The van der Waals surface area contributed by atoms with Crippen molar-refractivity contribution in [2.24, 2.45) is 0 Å². The topological polar surface area (TPSA) is 271 Å². The van der Waals surface area contributed by atoms with Crippen molar-refractivity contribution in [1.82, 2.24) is 19.6 Å². The first-order valence-corrected chi connectivity index (χ1v) is 14.5. The maximum atomic E-state index is 11.4. The van der Waals surface area contributed by atoms with Crippen LogP contribution in [0.2, 0.25) is 0 Å². The normalized spacial score (nSPS) is 15.7. The summed E-state index contributed by atoms with van der Waals surface area (Å²) in [4.78, 5) is 85.5. The molecule has 48 heavy (non-hydrogen) atoms. The molecule has 2 atom stereocenters. The second-order valence-electron chi connectivity index (χ2n) is 10.0. The van der Waals surface area contributed by atoms with Gasteiger partial charge in [-0.2, -0.15) is 0 Å². The van der Waals surface area contributed by atoms with Crippen molar-refractivity contribution in [2.75, 3.05) is 53.4 Å². The third kappa shape index (κ3) is 25.0. The molecule has 2 heterocycles. The number of hydrogen-bond acceptors (Lipinski definition) is 10. The quantitative estimate of drug-likeness (QED) is 0.150. The monoisotopic (exact) mass is 686 g/mol. The minimum Gasteiger partial charge on any atom is -0.473 e. The number of hydrogen-bond donors (Lipinski definition) is 6. The van der Waals surface area contributed by atoms with E-state index < -0.39 is 35.8 Å². The molecule has 0 aliphatic carbocycles. The van der Waals surface area contributed by atoms with E-state index in [1.165, 1.54) is 0 Å². The second kappa shape index (κ2) is 27.0. The number of likely N-dealkylation sites (tertiary alicyclic amines) is 2. The number of carbonyl (C=O) groups excluding carboxylic acids is 2. The molecule has 2 aliphatic heterocycles. The first kappa shape index (κ1) is 47.2. The van der Waals surface area contributed by atoms with E-state index in [0.717, 1.165) is 39.0 Å². The molecule has 18 nitrogen and oxygen atoms in total. The van der Waals surface area contributed by atoms with E-state index in [2.05, 4.69) is 61.2 Å². The summed E-state index contributed by atoms with van der Waals surface area (Å²) in [6.45, 7) is 13.2. The third-order valence-electron chi connectivity index (χ3n) is 6.33. The molecular weight excluding hydrogens is 640 g/mol. The Balaban J connectivity index is -0.000000570. The highest BCUT2D eigenvalue weighted by Gasteiger charge is 2.26. The van der Waals surface area contributed by atoms with E-state index in [9.17, 15) is 9.59 Å². The lowest BCUT2D eigenvalue weighted by atomic mass is 10.2. The van der Waals surface area contributed by atoms with Crippen LogP contribution in [0.4, 0.5) is 0 Å². The van der Waals surface area contributed by atoms with Crippen LogP contribution in [-0.2, 0) is 38.4 Å². The van der Waals surface area contributed by atoms with E-state index >= 15 is 0 Å². The first-order valence-electron chi connectivity index (χ1n) is 14.5. The van der Waals surface area contributed by atoms with E-state index in [4.69, 9.17) is 59.4 Å². The molecule has 6 N–H and O–H groups in total. The zero-order chi connectivity index (χ0) is 38.0. The number of carboxylic acid groups (broad SMARTS) is 6. The average molecular weight is 687 g/mol. The van der Waals surface area contributed by atoms with E-state index in [0.29, 0.717) is 38.0 Å². The minimum atomic E-state index is -1.82. The van der Waals surface area contributed by atoms with Crippen LogP contribution in [0, 0.1) is 23.7 Å². The Kier molecular flexibility index (Phi) is 26.5. The van der Waals surface area contributed by atoms with Gasteiger partial charge < -0.3 is 40.4 Å². The van der Waals surface area contributed by atoms with Gasteiger partial charge in [0.1, 0.15) is 0 Å². The van der Waals surface area contributed by atoms with Gasteiger partial charge in [-0.1, -0.05) is 37.5 Å². The van der Waals surface area contributed by atoms with Crippen molar-refractivity contribution in [3.63, 3.8) is 0 Å². The van der Waals surface area contributed by atoms with E-state index in [1.54, 1.807) is 0 Å². The van der Waals surface area contributed by atoms with Gasteiger partial charge in [-0.25, -0.2) is 28.8 Å². The highest BCUT2D eigenvalue weighted by Crippen LogP contribution is 2.17. The first-order chi connectivity index (χ1) is 22.2. The summed E-state index contributed by atoms with van der Waals surface area (Å²) in [6, 6.07) is 0.742. The molecular formula is C30H46N4O14. The van der Waals surface area contributed by atoms with Crippen LogP contribution in [0.3, 0.4) is 0 Å². The van der Waals surface area contributed by atoms with Crippen LogP contribution in [0.15, 0.2) is 0 Å². The molecule has 0 radical (unpaired) electrons. The van der Waals surface area contributed by atoms with E-state index in [1.807, 2.05) is 23.9 Å². The average Bonchev–Trinajstić information content (AvgIpc) is 3.52. The van der Waals surface area contributed by atoms with Gasteiger partial charge in [-0.15, -0.1) is 0 Å². The van der Waals surface area contributed by atoms with Crippen molar-refractivity contribution in [1.29, 1.82) is 0 Å². The molecule has 0 aromatic heterocycles. The van der Waals surface area contributed by atoms with Crippen LogP contribution in [0.1, 0.15) is 53.4 Å². The Morgan fingerprint density at radius 2 is 0.833 bits per heavy atom. The van der Waals surface area contributed by atoms with Crippen molar-refractivity contribution in [3.05, 3.63) is 0 Å². The number of nitrogens with zero attached hydrogens (tertiary/aromatic N) is 4. The predicted octanol–water partition coefficient (Wildman–Crippen LogP) is -0.628. The van der Waals surface area contributed by atoms with Gasteiger partial charge >= 0.3 is 35.8 Å². The van der Waals surface area contributed by atoms with Gasteiger partial charge in [0, 0.05) is 24.9 Å². The van der Waals surface area contributed by atoms with Crippen molar-refractivity contribution in [3.8, 4) is 23.7 Å². The van der Waals surface area contributed by atoms with Gasteiger partial charge in [-0.3, -0.25) is 19.4 Å². The van der Waals surface area contributed by atoms with Crippen LogP contribution in [0.25, 0.3) is 0 Å². The number of aliphatic carboxylic acids is 6. The number of rotatable bonds is 6. The summed E-state index contributed by atoms with van der Waals surface area (Å²) in [7, 11) is 4.08. The maximum Gasteiger partial charge on any atom is 0.414 e. The Morgan fingerprint density at radius 1 is 0.583 bits per heavy atom. The fourth-order valence-electron chi connectivity index (χ4n) is 3.13. The Bertz CT molecular complexity index is 1080. The molecule has 270 valence electrons. The van der Waals surface area contributed by atoms with Crippen molar-refractivity contribution in [2.45, 2.75) is 65.5 Å². The third-order valence-corrected chi connectivity index (χ3v) is 6.33. The summed E-state index contributed by atoms with van der Waals surface area (Å²) in [5, 5.41) is 44.3. The summed E-state index contributed by atoms with van der Waals surface area (Å²) in [6.07, 6.45) is 3.35. The molecule has 2 amide bonds. The largest absolute Gasteiger partial charge is 0.473 e. The van der Waals surface area contributed by atoms with E-state index in [-0.39, 0.29) is 11.8 Å². The van der Waals surface area contributed by atoms with Crippen LogP contribution in [0.5, 0.6) is 0 Å². The fourth-order valence-corrected chi connectivity index (χ4v) is 3.13. The lowest BCUT2D eigenvalue weighted by Crippen LogP contribution is -2.31. The molecule has 0 bridgehead atoms. The summed E-state index contributed by atoms with van der Waals surface area (Å²) >= 11 is 0. The molecule has 18 heteroatoms. The van der Waals surface area contributed by atoms with Gasteiger partial charge in [0.25, 0.3) is 0 Å². The van der Waals surface area contributed by atoms with Gasteiger partial charge in [0.15, 0.2) is 0 Å². The molecule has 0 spiro atoms. The number of carbonyl (C=O) groups is 8. The molecule has 2 fully saturated rings. The smallest absolute Gasteiger partial charge is 0.414 e. The van der Waals surface area contributed by atoms with Gasteiger partial charge in [-0.05, 0) is 53.9 Å². The maximum absolute atomic E-state index is 11.4. The van der Waals surface area contributed by atoms with Crippen LogP contribution >= 0.6 is 0 Å². The Hall–Kier alpha value is -5.20. The molecule has 2 aliphatic rings.